The molecule has 0 aliphatic rings. The van der Waals surface area contributed by atoms with E-state index in [-0.39, 0.29) is 13.2 Å². The third-order valence-electron chi connectivity index (χ3n) is 2.77. The molecule has 0 aliphatic carbocycles. The number of carbonyl (C=O) groups is 2. The monoisotopic (exact) mass is 313 g/mol. The van der Waals surface area contributed by atoms with E-state index >= 15 is 0 Å². The van der Waals surface area contributed by atoms with Crippen LogP contribution in [0.4, 0.5) is 0 Å². The van der Waals surface area contributed by atoms with Gasteiger partial charge in [0.2, 0.25) is 6.54 Å². The highest BCUT2D eigenvalue weighted by atomic mass is 16.6. The summed E-state index contributed by atoms with van der Waals surface area (Å²) >= 11 is 0. The second kappa shape index (κ2) is 11.5. The molecule has 0 spiro atoms. The Hall–Kier alpha value is -2.10. The van der Waals surface area contributed by atoms with Gasteiger partial charge in [-0.05, 0) is 20.3 Å². The highest BCUT2D eigenvalue weighted by Crippen LogP contribution is 2.17. The van der Waals surface area contributed by atoms with E-state index in [1.165, 1.54) is 0 Å². The Bertz CT molecular complexity index is 419. The summed E-state index contributed by atoms with van der Waals surface area (Å²) in [7, 11) is 0. The third-order valence-corrected chi connectivity index (χ3v) is 2.77. The molecule has 0 aromatic heterocycles. The average Bonchev–Trinajstić information content (AvgIpc) is 2.43. The van der Waals surface area contributed by atoms with Crippen LogP contribution in [-0.4, -0.2) is 36.6 Å². The third kappa shape index (κ3) is 7.62. The van der Waals surface area contributed by atoms with Crippen molar-refractivity contribution in [1.29, 1.82) is 0 Å². The van der Waals surface area contributed by atoms with E-state index in [1.54, 1.807) is 13.8 Å². The molecule has 0 amide bonds. The topological polar surface area (TPSA) is 95.7 Å². The van der Waals surface area contributed by atoms with Gasteiger partial charge in [-0.25, -0.2) is 0 Å². The first kappa shape index (κ1) is 19.9. The molecule has 124 valence electrons. The predicted molar refractivity (Wildman–Crippen MR) is 79.4 cm³/mol. The van der Waals surface area contributed by atoms with Crippen LogP contribution < -0.4 is 0 Å². The Balaban J connectivity index is 5.30. The standard InChI is InChI=1S/C15H23NO6/c1-4-7-8-9-10-12(11-16(19)20)13(14(17)21-5-2)15(18)22-6-3/h12-13H,4-8,11H2,1-3H3/t12-/m1/s1. The number of nitro groups is 1. The van der Waals surface area contributed by atoms with Gasteiger partial charge in [0, 0.05) is 11.3 Å². The molecule has 0 rings (SSSR count). The van der Waals surface area contributed by atoms with Crippen molar-refractivity contribution in [3.8, 4) is 11.8 Å². The molecule has 0 radical (unpaired) electrons. The number of nitrogens with zero attached hydrogens (tertiary/aromatic N) is 1. The lowest BCUT2D eigenvalue weighted by molar-refractivity contribution is -0.486. The molecule has 0 aliphatic heterocycles. The summed E-state index contributed by atoms with van der Waals surface area (Å²) in [6.45, 7) is 4.72. The lowest BCUT2D eigenvalue weighted by atomic mass is 9.92. The Kier molecular flexibility index (Phi) is 10.4. The van der Waals surface area contributed by atoms with Gasteiger partial charge in [0.1, 0.15) is 5.92 Å². The molecule has 0 saturated heterocycles. The number of unbranched alkanes of at least 4 members (excludes halogenated alkanes) is 2. The van der Waals surface area contributed by atoms with E-state index in [0.29, 0.717) is 6.42 Å². The zero-order valence-electron chi connectivity index (χ0n) is 13.3. The van der Waals surface area contributed by atoms with Crippen LogP contribution in [0.2, 0.25) is 0 Å². The van der Waals surface area contributed by atoms with E-state index < -0.39 is 35.2 Å². The van der Waals surface area contributed by atoms with Crippen molar-refractivity contribution in [3.63, 3.8) is 0 Å². The minimum absolute atomic E-state index is 0.0726. The van der Waals surface area contributed by atoms with E-state index in [2.05, 4.69) is 11.8 Å². The SMILES string of the molecule is CCCCC#C[C@H](C[N+](=O)[O-])C(C(=O)OCC)C(=O)OCC. The second-order valence-electron chi connectivity index (χ2n) is 4.53. The molecule has 0 heterocycles. The number of esters is 2. The molecule has 7 nitrogen and oxygen atoms in total. The molecular weight excluding hydrogens is 290 g/mol. The second-order valence-corrected chi connectivity index (χ2v) is 4.53. The number of ether oxygens (including phenoxy) is 2. The van der Waals surface area contributed by atoms with Crippen molar-refractivity contribution in [2.75, 3.05) is 19.8 Å². The van der Waals surface area contributed by atoms with Crippen LogP contribution in [0.1, 0.15) is 40.0 Å². The molecule has 0 unspecified atom stereocenters. The summed E-state index contributed by atoms with van der Waals surface area (Å²) in [6, 6.07) is 0. The Morgan fingerprint density at radius 2 is 1.68 bits per heavy atom. The molecule has 0 N–H and O–H groups in total. The largest absolute Gasteiger partial charge is 0.465 e. The highest BCUT2D eigenvalue weighted by Gasteiger charge is 2.39. The molecule has 7 heteroatoms. The van der Waals surface area contributed by atoms with Crippen molar-refractivity contribution in [1.82, 2.24) is 0 Å². The molecule has 0 saturated carbocycles. The first-order chi connectivity index (χ1) is 10.5. The molecule has 1 atom stereocenters. The summed E-state index contributed by atoms with van der Waals surface area (Å²) in [5.41, 5.74) is 0. The predicted octanol–water partition coefficient (Wildman–Crippen LogP) is 1.82. The molecule has 0 bridgehead atoms. The number of carbonyl (C=O) groups excluding carboxylic acids is 2. The van der Waals surface area contributed by atoms with Crippen molar-refractivity contribution in [2.45, 2.75) is 40.0 Å². The smallest absolute Gasteiger partial charge is 0.321 e. The lowest BCUT2D eigenvalue weighted by Gasteiger charge is -2.17. The molecular formula is C15H23NO6. The van der Waals surface area contributed by atoms with Crippen LogP contribution in [-0.2, 0) is 19.1 Å². The fourth-order valence-electron chi connectivity index (χ4n) is 1.75. The van der Waals surface area contributed by atoms with Gasteiger partial charge >= 0.3 is 11.9 Å². The van der Waals surface area contributed by atoms with E-state index in [4.69, 9.17) is 9.47 Å². The van der Waals surface area contributed by atoms with Gasteiger partial charge in [-0.15, -0.1) is 5.92 Å². The maximum atomic E-state index is 12.0. The number of hydrogen-bond donors (Lipinski definition) is 0. The molecule has 0 aromatic rings. The fraction of sp³-hybridized carbons (Fsp3) is 0.733. The van der Waals surface area contributed by atoms with Gasteiger partial charge in [-0.2, -0.15) is 0 Å². The molecule has 0 fully saturated rings. The Morgan fingerprint density at radius 1 is 1.14 bits per heavy atom. The minimum Gasteiger partial charge on any atom is -0.465 e. The van der Waals surface area contributed by atoms with Crippen LogP contribution >= 0.6 is 0 Å². The van der Waals surface area contributed by atoms with E-state index in [1.807, 2.05) is 6.92 Å². The van der Waals surface area contributed by atoms with Gasteiger partial charge in [0.15, 0.2) is 5.92 Å². The van der Waals surface area contributed by atoms with Crippen LogP contribution in [0.25, 0.3) is 0 Å². The maximum Gasteiger partial charge on any atom is 0.321 e. The van der Waals surface area contributed by atoms with Crippen LogP contribution in [0.3, 0.4) is 0 Å². The normalized spacial score (nSPS) is 11.3. The Labute approximate surface area is 130 Å². The van der Waals surface area contributed by atoms with Crippen molar-refractivity contribution in [2.24, 2.45) is 11.8 Å². The zero-order valence-corrected chi connectivity index (χ0v) is 13.3. The van der Waals surface area contributed by atoms with E-state index in [0.717, 1.165) is 12.8 Å². The highest BCUT2D eigenvalue weighted by molar-refractivity contribution is 5.95. The van der Waals surface area contributed by atoms with Crippen LogP contribution in [0, 0.1) is 33.8 Å². The lowest BCUT2D eigenvalue weighted by Crippen LogP contribution is -2.37. The van der Waals surface area contributed by atoms with Crippen molar-refractivity contribution >= 4 is 11.9 Å². The van der Waals surface area contributed by atoms with Gasteiger partial charge in [-0.3, -0.25) is 19.7 Å². The van der Waals surface area contributed by atoms with Gasteiger partial charge in [0.25, 0.3) is 0 Å². The number of hydrogen-bond acceptors (Lipinski definition) is 6. The van der Waals surface area contributed by atoms with Crippen LogP contribution in [0.15, 0.2) is 0 Å². The maximum absolute atomic E-state index is 12.0. The summed E-state index contributed by atoms with van der Waals surface area (Å²) in [4.78, 5) is 34.1. The van der Waals surface area contributed by atoms with Gasteiger partial charge in [0.05, 0.1) is 13.2 Å². The summed E-state index contributed by atoms with van der Waals surface area (Å²) in [5.74, 6) is 1.36. The first-order valence-electron chi connectivity index (χ1n) is 7.41. The molecule has 22 heavy (non-hydrogen) atoms. The van der Waals surface area contributed by atoms with Gasteiger partial charge < -0.3 is 9.47 Å². The summed E-state index contributed by atoms with van der Waals surface area (Å²) < 4.78 is 9.66. The van der Waals surface area contributed by atoms with E-state index in [9.17, 15) is 19.7 Å². The summed E-state index contributed by atoms with van der Waals surface area (Å²) in [5, 5.41) is 10.8. The molecule has 0 aromatic carbocycles. The zero-order chi connectivity index (χ0) is 17.0. The van der Waals surface area contributed by atoms with Crippen molar-refractivity contribution in [3.05, 3.63) is 10.1 Å². The van der Waals surface area contributed by atoms with Crippen LogP contribution in [0.5, 0.6) is 0 Å². The minimum atomic E-state index is -1.39. The Morgan fingerprint density at radius 3 is 2.09 bits per heavy atom. The van der Waals surface area contributed by atoms with Crippen molar-refractivity contribution < 1.29 is 24.0 Å². The first-order valence-corrected chi connectivity index (χ1v) is 7.41. The summed E-state index contributed by atoms with van der Waals surface area (Å²) in [6.07, 6.45) is 2.35. The fourth-order valence-corrected chi connectivity index (χ4v) is 1.75. The van der Waals surface area contributed by atoms with Gasteiger partial charge in [-0.1, -0.05) is 19.3 Å². The average molecular weight is 313 g/mol. The number of rotatable bonds is 9. The quantitative estimate of drug-likeness (QED) is 0.161.